The van der Waals surface area contributed by atoms with Crippen molar-refractivity contribution in [2.45, 2.75) is 0 Å². The van der Waals surface area contributed by atoms with E-state index in [1.165, 1.54) is 39.5 Å². The largest absolute Gasteiger partial charge is 0.493 e. The van der Waals surface area contributed by atoms with E-state index in [1.54, 1.807) is 18.2 Å². The maximum atomic E-state index is 12.9. The highest BCUT2D eigenvalue weighted by molar-refractivity contribution is 6.14. The minimum Gasteiger partial charge on any atom is -0.493 e. The highest BCUT2D eigenvalue weighted by atomic mass is 16.5. The molecule has 4 aromatic carbocycles. The number of methoxy groups -OCH3 is 3. The van der Waals surface area contributed by atoms with Crippen molar-refractivity contribution in [2.75, 3.05) is 21.3 Å². The minimum atomic E-state index is -0.636. The number of hydrogen-bond donors (Lipinski definition) is 0. The molecule has 0 atom stereocenters. The van der Waals surface area contributed by atoms with Crippen LogP contribution in [0.4, 0.5) is 0 Å². The van der Waals surface area contributed by atoms with Crippen LogP contribution in [0.5, 0.6) is 28.7 Å². The second kappa shape index (κ2) is 10.5. The first-order valence-electron chi connectivity index (χ1n) is 11.8. The topological polar surface area (TPSA) is 80.3 Å². The summed E-state index contributed by atoms with van der Waals surface area (Å²) in [5, 5.41) is 0. The number of allylic oxidation sites excluding steroid dienone is 1. The van der Waals surface area contributed by atoms with Gasteiger partial charge in [-0.3, -0.25) is 4.79 Å². The Balaban J connectivity index is 1.33. The normalized spacial score (nSPS) is 13.0. The van der Waals surface area contributed by atoms with Crippen LogP contribution in [0, 0.1) is 0 Å². The fourth-order valence-corrected chi connectivity index (χ4v) is 4.15. The molecule has 0 aliphatic carbocycles. The third-order valence-corrected chi connectivity index (χ3v) is 6.07. The van der Waals surface area contributed by atoms with Crippen molar-refractivity contribution in [1.29, 1.82) is 0 Å². The van der Waals surface area contributed by atoms with E-state index in [9.17, 15) is 9.59 Å². The van der Waals surface area contributed by atoms with Gasteiger partial charge in [0.2, 0.25) is 11.5 Å². The molecule has 1 aliphatic heterocycles. The Morgan fingerprint density at radius 2 is 1.42 bits per heavy atom. The van der Waals surface area contributed by atoms with Crippen LogP contribution < -0.4 is 23.7 Å². The summed E-state index contributed by atoms with van der Waals surface area (Å²) in [6.45, 7) is 0. The molecule has 190 valence electrons. The Bertz CT molecular complexity index is 1510. The Kier molecular flexibility index (Phi) is 6.82. The molecule has 0 aromatic heterocycles. The number of Topliss-reactive ketones (excluding diaryl/α,β-unsaturated/α-hetero) is 1. The summed E-state index contributed by atoms with van der Waals surface area (Å²) in [4.78, 5) is 25.8. The highest BCUT2D eigenvalue weighted by Crippen LogP contribution is 2.39. The molecule has 0 amide bonds. The number of fused-ring (bicyclic) bond motifs is 1. The van der Waals surface area contributed by atoms with Crippen molar-refractivity contribution >= 4 is 17.8 Å². The van der Waals surface area contributed by atoms with Crippen LogP contribution >= 0.6 is 0 Å². The van der Waals surface area contributed by atoms with E-state index in [2.05, 4.69) is 0 Å². The van der Waals surface area contributed by atoms with Crippen molar-refractivity contribution in [3.05, 3.63) is 107 Å². The first-order valence-corrected chi connectivity index (χ1v) is 11.8. The first kappa shape index (κ1) is 24.6. The minimum absolute atomic E-state index is 0.195. The molecular formula is C31H24O7. The molecule has 1 aliphatic rings. The van der Waals surface area contributed by atoms with Crippen LogP contribution in [0.1, 0.15) is 26.3 Å². The molecule has 0 unspecified atom stereocenters. The number of ether oxygens (including phenoxy) is 5. The van der Waals surface area contributed by atoms with Crippen LogP contribution in [-0.2, 0) is 0 Å². The van der Waals surface area contributed by atoms with E-state index in [0.29, 0.717) is 28.6 Å². The standard InChI is InChI=1S/C31H24O7/c1-34-27-16-22(17-28(35-2)30(27)36-3)31(33)37-23-13-14-24-25(18-23)38-26(29(24)32)15-19-9-11-21(12-10-19)20-7-5-4-6-8-20/h4-18H,1-3H3/b26-15-. The zero-order valence-corrected chi connectivity index (χ0v) is 21.0. The van der Waals surface area contributed by atoms with Crippen LogP contribution in [-0.4, -0.2) is 33.1 Å². The average molecular weight is 509 g/mol. The SMILES string of the molecule is COc1cc(C(=O)Oc2ccc3c(c2)O/C(=C\c2ccc(-c4ccccc4)cc2)C3=O)cc(OC)c1OC. The predicted molar refractivity (Wildman–Crippen MR) is 142 cm³/mol. The molecule has 7 heteroatoms. The second-order valence-electron chi connectivity index (χ2n) is 8.39. The van der Waals surface area contributed by atoms with Gasteiger partial charge in [-0.2, -0.15) is 0 Å². The smallest absolute Gasteiger partial charge is 0.343 e. The summed E-state index contributed by atoms with van der Waals surface area (Å²) in [5.41, 5.74) is 3.62. The molecule has 5 rings (SSSR count). The lowest BCUT2D eigenvalue weighted by atomic mass is 10.0. The number of benzene rings is 4. The summed E-state index contributed by atoms with van der Waals surface area (Å²) in [6.07, 6.45) is 1.69. The van der Waals surface area contributed by atoms with E-state index >= 15 is 0 Å². The molecule has 4 aromatic rings. The van der Waals surface area contributed by atoms with E-state index in [0.717, 1.165) is 16.7 Å². The Morgan fingerprint density at radius 3 is 2.05 bits per heavy atom. The highest BCUT2D eigenvalue weighted by Gasteiger charge is 2.28. The third-order valence-electron chi connectivity index (χ3n) is 6.07. The monoisotopic (exact) mass is 508 g/mol. The summed E-state index contributed by atoms with van der Waals surface area (Å²) >= 11 is 0. The van der Waals surface area contributed by atoms with E-state index in [1.807, 2.05) is 54.6 Å². The Morgan fingerprint density at radius 1 is 0.763 bits per heavy atom. The van der Waals surface area contributed by atoms with Gasteiger partial charge in [0, 0.05) is 6.07 Å². The van der Waals surface area contributed by atoms with Gasteiger partial charge in [0.05, 0.1) is 32.5 Å². The lowest BCUT2D eigenvalue weighted by molar-refractivity contribution is 0.0733. The maximum absolute atomic E-state index is 12.9. The van der Waals surface area contributed by atoms with Crippen molar-refractivity contribution in [2.24, 2.45) is 0 Å². The average Bonchev–Trinajstić information content (AvgIpc) is 3.26. The molecule has 0 N–H and O–H groups in total. The maximum Gasteiger partial charge on any atom is 0.343 e. The van der Waals surface area contributed by atoms with Gasteiger partial charge in [-0.25, -0.2) is 4.79 Å². The summed E-state index contributed by atoms with van der Waals surface area (Å²) in [5.74, 6) is 0.880. The molecule has 0 saturated carbocycles. The van der Waals surface area contributed by atoms with Gasteiger partial charge < -0.3 is 23.7 Å². The van der Waals surface area contributed by atoms with E-state index in [-0.39, 0.29) is 22.9 Å². The number of ketones is 1. The van der Waals surface area contributed by atoms with Crippen LogP contribution in [0.3, 0.4) is 0 Å². The second-order valence-corrected chi connectivity index (χ2v) is 8.39. The number of hydrogen-bond acceptors (Lipinski definition) is 7. The molecule has 0 radical (unpaired) electrons. The zero-order valence-electron chi connectivity index (χ0n) is 21.0. The van der Waals surface area contributed by atoms with E-state index in [4.69, 9.17) is 23.7 Å². The van der Waals surface area contributed by atoms with Crippen LogP contribution in [0.2, 0.25) is 0 Å². The third kappa shape index (κ3) is 4.82. The van der Waals surface area contributed by atoms with Crippen LogP contribution in [0.15, 0.2) is 90.7 Å². The molecule has 38 heavy (non-hydrogen) atoms. The zero-order chi connectivity index (χ0) is 26.6. The number of carbonyl (C=O) groups excluding carboxylic acids is 2. The van der Waals surface area contributed by atoms with Gasteiger partial charge in [-0.1, -0.05) is 54.6 Å². The first-order chi connectivity index (χ1) is 18.5. The van der Waals surface area contributed by atoms with Crippen molar-refractivity contribution in [1.82, 2.24) is 0 Å². The molecule has 7 nitrogen and oxygen atoms in total. The molecule has 0 saturated heterocycles. The van der Waals surface area contributed by atoms with E-state index < -0.39 is 5.97 Å². The lowest BCUT2D eigenvalue weighted by Gasteiger charge is -2.13. The van der Waals surface area contributed by atoms with Gasteiger partial charge in [-0.15, -0.1) is 0 Å². The summed E-state index contributed by atoms with van der Waals surface area (Å²) in [6, 6.07) is 25.5. The Hall–Kier alpha value is -5.04. The van der Waals surface area contributed by atoms with Crippen molar-refractivity contribution in [3.8, 4) is 39.9 Å². The molecule has 1 heterocycles. The molecule has 0 fully saturated rings. The number of carbonyl (C=O) groups is 2. The summed E-state index contributed by atoms with van der Waals surface area (Å²) < 4.78 is 27.3. The van der Waals surface area contributed by atoms with Gasteiger partial charge >= 0.3 is 5.97 Å². The van der Waals surface area contributed by atoms with Gasteiger partial charge in [-0.05, 0) is 47.0 Å². The summed E-state index contributed by atoms with van der Waals surface area (Å²) in [7, 11) is 4.40. The molecule has 0 bridgehead atoms. The van der Waals surface area contributed by atoms with Gasteiger partial charge in [0.15, 0.2) is 17.3 Å². The fraction of sp³-hybridized carbons (Fsp3) is 0.0968. The van der Waals surface area contributed by atoms with Gasteiger partial charge in [0.1, 0.15) is 11.5 Å². The fourth-order valence-electron chi connectivity index (χ4n) is 4.15. The predicted octanol–water partition coefficient (Wildman–Crippen LogP) is 6.21. The molecule has 0 spiro atoms. The molecular weight excluding hydrogens is 484 g/mol. The Labute approximate surface area is 219 Å². The van der Waals surface area contributed by atoms with Gasteiger partial charge in [0.25, 0.3) is 0 Å². The van der Waals surface area contributed by atoms with Crippen LogP contribution in [0.25, 0.3) is 17.2 Å². The van der Waals surface area contributed by atoms with Crippen molar-refractivity contribution < 1.29 is 33.3 Å². The lowest BCUT2D eigenvalue weighted by Crippen LogP contribution is -2.09. The van der Waals surface area contributed by atoms with Crippen molar-refractivity contribution in [3.63, 3.8) is 0 Å². The number of rotatable bonds is 7. The quantitative estimate of drug-likeness (QED) is 0.167. The number of esters is 1.